The topological polar surface area (TPSA) is 24.1 Å². The van der Waals surface area contributed by atoms with E-state index in [1.54, 1.807) is 0 Å². The molecule has 1 rings (SSSR count). The van der Waals surface area contributed by atoms with Gasteiger partial charge in [0.15, 0.2) is 0 Å². The molecule has 4 heteroatoms. The van der Waals surface area contributed by atoms with Crippen LogP contribution in [-0.2, 0) is 6.42 Å². The van der Waals surface area contributed by atoms with Crippen molar-refractivity contribution in [3.05, 3.63) is 35.4 Å². The first kappa shape index (κ1) is 18.9. The third-order valence-corrected chi connectivity index (χ3v) is 4.74. The van der Waals surface area contributed by atoms with Crippen LogP contribution in [0, 0.1) is 0 Å². The van der Waals surface area contributed by atoms with Crippen LogP contribution >= 0.6 is 23.9 Å². The van der Waals surface area contributed by atoms with Crippen molar-refractivity contribution in [3.8, 4) is 0 Å². The molecule has 0 saturated heterocycles. The van der Waals surface area contributed by atoms with Crippen LogP contribution in [0.2, 0.25) is 0 Å². The third-order valence-electron chi connectivity index (χ3n) is 3.09. The summed E-state index contributed by atoms with van der Waals surface area (Å²) in [7, 11) is 0. The van der Waals surface area contributed by atoms with Gasteiger partial charge in [-0.15, -0.1) is 0 Å². The number of benzene rings is 1. The lowest BCUT2D eigenvalue weighted by atomic mass is 9.99. The molecule has 0 aliphatic rings. The van der Waals surface area contributed by atoms with Gasteiger partial charge in [0.05, 0.1) is 0 Å². The normalized spacial score (nSPS) is 13.1. The second kappa shape index (κ2) is 10.5. The zero-order valence-corrected chi connectivity index (χ0v) is 15.6. The van der Waals surface area contributed by atoms with Gasteiger partial charge in [-0.3, -0.25) is 9.44 Å². The van der Waals surface area contributed by atoms with Crippen molar-refractivity contribution >= 4 is 23.9 Å². The van der Waals surface area contributed by atoms with Crippen molar-refractivity contribution in [3.63, 3.8) is 0 Å². The molecule has 1 aromatic rings. The number of hydrogen-bond donors (Lipinski definition) is 2. The van der Waals surface area contributed by atoms with Crippen molar-refractivity contribution in [2.24, 2.45) is 0 Å². The van der Waals surface area contributed by atoms with Crippen LogP contribution in [0.4, 0.5) is 0 Å². The van der Waals surface area contributed by atoms with Crippen LogP contribution in [-0.4, -0.2) is 23.6 Å². The van der Waals surface area contributed by atoms with Gasteiger partial charge in [-0.05, 0) is 23.5 Å². The summed E-state index contributed by atoms with van der Waals surface area (Å²) in [5.74, 6) is 0.555. The second-order valence-electron chi connectivity index (χ2n) is 5.97. The standard InChI is InChI=1S/C17H30N2S2/c1-13(2)20-18-11-10-16-6-8-17(9-7-16)15(5)12-19-21-14(3)4/h6-9,13-15,18-19H,10-12H2,1-5H3. The molecule has 0 radical (unpaired) electrons. The van der Waals surface area contributed by atoms with Crippen molar-refractivity contribution in [1.29, 1.82) is 0 Å². The smallest absolute Gasteiger partial charge is 0.0136 e. The Morgan fingerprint density at radius 2 is 1.43 bits per heavy atom. The Bertz CT molecular complexity index is 377. The predicted octanol–water partition coefficient (Wildman–Crippen LogP) is 4.63. The summed E-state index contributed by atoms with van der Waals surface area (Å²) < 4.78 is 6.87. The maximum absolute atomic E-state index is 3.45. The minimum Gasteiger partial charge on any atom is -0.264 e. The maximum atomic E-state index is 3.45. The van der Waals surface area contributed by atoms with E-state index in [-0.39, 0.29) is 0 Å². The number of hydrogen-bond acceptors (Lipinski definition) is 4. The molecule has 0 aliphatic heterocycles. The van der Waals surface area contributed by atoms with Crippen molar-refractivity contribution in [2.45, 2.75) is 57.5 Å². The molecule has 21 heavy (non-hydrogen) atoms. The molecule has 1 aromatic carbocycles. The average molecular weight is 327 g/mol. The highest BCUT2D eigenvalue weighted by Gasteiger charge is 2.06. The van der Waals surface area contributed by atoms with E-state index in [4.69, 9.17) is 0 Å². The van der Waals surface area contributed by atoms with Gasteiger partial charge >= 0.3 is 0 Å². The molecular formula is C17H30N2S2. The first-order chi connectivity index (χ1) is 9.99. The summed E-state index contributed by atoms with van der Waals surface area (Å²) in [6.07, 6.45) is 1.09. The van der Waals surface area contributed by atoms with E-state index < -0.39 is 0 Å². The minimum atomic E-state index is 0.555. The molecule has 0 spiro atoms. The fourth-order valence-corrected chi connectivity index (χ4v) is 3.12. The molecule has 2 nitrogen and oxygen atoms in total. The predicted molar refractivity (Wildman–Crippen MR) is 100 cm³/mol. The van der Waals surface area contributed by atoms with Gasteiger partial charge < -0.3 is 0 Å². The fraction of sp³-hybridized carbons (Fsp3) is 0.647. The van der Waals surface area contributed by atoms with E-state index in [9.17, 15) is 0 Å². The first-order valence-electron chi connectivity index (χ1n) is 7.85. The fourth-order valence-electron chi connectivity index (χ4n) is 1.89. The maximum Gasteiger partial charge on any atom is 0.0136 e. The van der Waals surface area contributed by atoms with Crippen LogP contribution in [0.3, 0.4) is 0 Å². The van der Waals surface area contributed by atoms with E-state index in [1.165, 1.54) is 11.1 Å². The molecule has 0 heterocycles. The van der Waals surface area contributed by atoms with E-state index in [2.05, 4.69) is 68.3 Å². The first-order valence-corrected chi connectivity index (χ1v) is 9.60. The Kier molecular flexibility index (Phi) is 9.49. The Morgan fingerprint density at radius 1 is 0.857 bits per heavy atom. The third kappa shape index (κ3) is 8.77. The van der Waals surface area contributed by atoms with Crippen molar-refractivity contribution < 1.29 is 0 Å². The molecule has 2 N–H and O–H groups in total. The van der Waals surface area contributed by atoms with Gasteiger partial charge in [0.1, 0.15) is 0 Å². The SMILES string of the molecule is CC(C)SNCCc1ccc(C(C)CNSC(C)C)cc1. The lowest BCUT2D eigenvalue weighted by Crippen LogP contribution is -2.15. The summed E-state index contributed by atoms with van der Waals surface area (Å²) in [5, 5.41) is 1.28. The Morgan fingerprint density at radius 3 is 2.00 bits per heavy atom. The van der Waals surface area contributed by atoms with Crippen molar-refractivity contribution in [2.75, 3.05) is 13.1 Å². The van der Waals surface area contributed by atoms with Crippen LogP contribution in [0.5, 0.6) is 0 Å². The monoisotopic (exact) mass is 326 g/mol. The molecule has 120 valence electrons. The lowest BCUT2D eigenvalue weighted by molar-refractivity contribution is 0.739. The van der Waals surface area contributed by atoms with Crippen LogP contribution in [0.15, 0.2) is 24.3 Å². The molecule has 0 bridgehead atoms. The molecule has 0 aromatic heterocycles. The molecule has 0 aliphatic carbocycles. The van der Waals surface area contributed by atoms with Gasteiger partial charge in [0, 0.05) is 23.6 Å². The zero-order valence-electron chi connectivity index (χ0n) is 14.0. The summed E-state index contributed by atoms with van der Waals surface area (Å²) in [6, 6.07) is 9.08. The molecule has 0 saturated carbocycles. The minimum absolute atomic E-state index is 0.555. The zero-order chi connectivity index (χ0) is 15.7. The van der Waals surface area contributed by atoms with Gasteiger partial charge in [-0.2, -0.15) is 0 Å². The highest BCUT2D eigenvalue weighted by molar-refractivity contribution is 7.98. The quantitative estimate of drug-likeness (QED) is 0.484. The number of nitrogens with one attached hydrogen (secondary N) is 2. The molecule has 1 atom stereocenters. The van der Waals surface area contributed by atoms with E-state index in [0.717, 1.165) is 19.5 Å². The van der Waals surface area contributed by atoms with E-state index in [0.29, 0.717) is 16.4 Å². The van der Waals surface area contributed by atoms with Crippen LogP contribution in [0.1, 0.15) is 51.7 Å². The van der Waals surface area contributed by atoms with Gasteiger partial charge in [-0.1, -0.05) is 82.8 Å². The van der Waals surface area contributed by atoms with E-state index in [1.807, 2.05) is 23.9 Å². The number of rotatable bonds is 10. The van der Waals surface area contributed by atoms with E-state index >= 15 is 0 Å². The average Bonchev–Trinajstić information content (AvgIpc) is 2.43. The molecular weight excluding hydrogens is 296 g/mol. The summed E-state index contributed by atoms with van der Waals surface area (Å²) in [4.78, 5) is 0. The highest BCUT2D eigenvalue weighted by atomic mass is 32.2. The molecule has 1 unspecified atom stereocenters. The molecule has 0 amide bonds. The van der Waals surface area contributed by atoms with Gasteiger partial charge in [0.25, 0.3) is 0 Å². The second-order valence-corrected chi connectivity index (χ2v) is 8.90. The van der Waals surface area contributed by atoms with Gasteiger partial charge in [-0.25, -0.2) is 0 Å². The summed E-state index contributed by atoms with van der Waals surface area (Å²) in [5.41, 5.74) is 2.83. The van der Waals surface area contributed by atoms with Crippen molar-refractivity contribution in [1.82, 2.24) is 9.44 Å². The Labute approximate surface area is 139 Å². The lowest BCUT2D eigenvalue weighted by Gasteiger charge is -2.14. The van der Waals surface area contributed by atoms with Crippen LogP contribution in [0.25, 0.3) is 0 Å². The Balaban J connectivity index is 2.32. The Hall–Kier alpha value is -0.160. The van der Waals surface area contributed by atoms with Crippen LogP contribution < -0.4 is 9.44 Å². The summed E-state index contributed by atoms with van der Waals surface area (Å²) in [6.45, 7) is 13.2. The summed E-state index contributed by atoms with van der Waals surface area (Å²) >= 11 is 3.62. The molecule has 0 fully saturated rings. The largest absolute Gasteiger partial charge is 0.264 e. The highest BCUT2D eigenvalue weighted by Crippen LogP contribution is 2.17. The van der Waals surface area contributed by atoms with Gasteiger partial charge in [0.2, 0.25) is 0 Å².